The molecule has 148 valence electrons. The van der Waals surface area contributed by atoms with E-state index < -0.39 is 0 Å². The van der Waals surface area contributed by atoms with Crippen molar-refractivity contribution in [3.8, 4) is 0 Å². The van der Waals surface area contributed by atoms with E-state index in [1.54, 1.807) is 0 Å². The van der Waals surface area contributed by atoms with Crippen LogP contribution < -0.4 is 69.1 Å². The minimum absolute atomic E-state index is 0. The monoisotopic (exact) mass is 450 g/mol. The summed E-state index contributed by atoms with van der Waals surface area (Å²) in [6, 6.07) is 0. The number of hydrogen-bond acceptors (Lipinski definition) is 8. The summed E-state index contributed by atoms with van der Waals surface area (Å²) in [5.74, 6) is 0. The smallest absolute Gasteiger partial charge is 1.00 e. The number of fused-ring (bicyclic) bond motifs is 15. The van der Waals surface area contributed by atoms with Gasteiger partial charge >= 0.3 is 16.8 Å². The Morgan fingerprint density at radius 2 is 0.542 bits per heavy atom. The molecule has 8 nitrogen and oxygen atoms in total. The molecule has 3 aliphatic heterocycles. The van der Waals surface area contributed by atoms with E-state index in [1.165, 1.54) is 0 Å². The third-order valence-corrected chi connectivity index (χ3v) is 3.45. The first-order chi connectivity index (χ1) is 9.95. The van der Waals surface area contributed by atoms with Crippen LogP contribution in [0.4, 0.5) is 0 Å². The topological polar surface area (TPSA) is 78.7 Å². The van der Waals surface area contributed by atoms with Crippen LogP contribution in [0.15, 0.2) is 0 Å². The summed E-state index contributed by atoms with van der Waals surface area (Å²) in [5, 5.41) is 20.9. The van der Waals surface area contributed by atoms with Crippen molar-refractivity contribution >= 4 is 0 Å². The van der Waals surface area contributed by atoms with Crippen LogP contribution in [0.25, 0.3) is 0 Å². The standard InChI is InChI=1S/C12H30N8.3ClH.Co/c1-2-14-8-20-11-17-5-3-15-9-19(7-13-1)10-16-4-6-18-12-20;;;;/h13-18H,1-12H2;3*1H;/q;;;;+3/p-3. The Labute approximate surface area is 174 Å². The molecule has 0 radical (unpaired) electrons. The predicted octanol–water partition coefficient (Wildman–Crippen LogP) is -12.1. The van der Waals surface area contributed by atoms with Gasteiger partial charge in [-0.1, -0.05) is 0 Å². The second-order valence-electron chi connectivity index (χ2n) is 5.29. The third kappa shape index (κ3) is 14.2. The molecule has 3 saturated heterocycles. The maximum absolute atomic E-state index is 3.48. The van der Waals surface area contributed by atoms with Gasteiger partial charge in [-0.05, 0) is 0 Å². The Kier molecular flexibility index (Phi) is 25.3. The molecule has 0 spiro atoms. The van der Waals surface area contributed by atoms with Crippen LogP contribution in [0, 0.1) is 0 Å². The van der Waals surface area contributed by atoms with Crippen LogP contribution >= 0.6 is 0 Å². The van der Waals surface area contributed by atoms with Gasteiger partial charge in [-0.2, -0.15) is 0 Å². The first-order valence-electron chi connectivity index (χ1n) is 7.64. The molecule has 0 atom stereocenters. The maximum Gasteiger partial charge on any atom is 3.00 e. The van der Waals surface area contributed by atoms with Gasteiger partial charge in [0, 0.05) is 39.3 Å². The summed E-state index contributed by atoms with van der Waals surface area (Å²) in [6.07, 6.45) is 0. The van der Waals surface area contributed by atoms with E-state index in [0.29, 0.717) is 0 Å². The average Bonchev–Trinajstić information content (AvgIpc) is 2.47. The van der Waals surface area contributed by atoms with Gasteiger partial charge < -0.3 is 69.1 Å². The number of hydrogen-bond donors (Lipinski definition) is 6. The van der Waals surface area contributed by atoms with Crippen molar-refractivity contribution < 1.29 is 54.0 Å². The van der Waals surface area contributed by atoms with Gasteiger partial charge in [0.1, 0.15) is 0 Å². The van der Waals surface area contributed by atoms with Crippen LogP contribution in [0.3, 0.4) is 0 Å². The fraction of sp³-hybridized carbons (Fsp3) is 1.00. The summed E-state index contributed by atoms with van der Waals surface area (Å²) < 4.78 is 0. The van der Waals surface area contributed by atoms with Crippen LogP contribution in [0.2, 0.25) is 0 Å². The third-order valence-electron chi connectivity index (χ3n) is 3.45. The summed E-state index contributed by atoms with van der Waals surface area (Å²) >= 11 is 0. The fourth-order valence-corrected chi connectivity index (χ4v) is 2.29. The number of halogens is 3. The van der Waals surface area contributed by atoms with Crippen molar-refractivity contribution in [2.45, 2.75) is 0 Å². The van der Waals surface area contributed by atoms with Crippen LogP contribution in [0.1, 0.15) is 0 Å². The number of rotatable bonds is 0. The maximum atomic E-state index is 3.48. The number of nitrogens with zero attached hydrogens (tertiary/aromatic N) is 2. The molecule has 0 saturated carbocycles. The summed E-state index contributed by atoms with van der Waals surface area (Å²) in [4.78, 5) is 4.70. The van der Waals surface area contributed by atoms with Gasteiger partial charge in [-0.3, -0.25) is 9.80 Å². The minimum atomic E-state index is 0. The molecule has 0 unspecified atom stereocenters. The van der Waals surface area contributed by atoms with Crippen molar-refractivity contribution in [2.24, 2.45) is 0 Å². The second kappa shape index (κ2) is 20.4. The van der Waals surface area contributed by atoms with E-state index in [4.69, 9.17) is 0 Å². The van der Waals surface area contributed by atoms with E-state index in [9.17, 15) is 0 Å². The Morgan fingerprint density at radius 1 is 0.375 bits per heavy atom. The van der Waals surface area contributed by atoms with Gasteiger partial charge in [0.25, 0.3) is 0 Å². The second-order valence-corrected chi connectivity index (χ2v) is 5.29. The molecule has 3 aliphatic rings. The van der Waals surface area contributed by atoms with Crippen LogP contribution in [-0.4, -0.2) is 89.1 Å². The zero-order chi connectivity index (χ0) is 13.9. The van der Waals surface area contributed by atoms with E-state index in [1.807, 2.05) is 0 Å². The summed E-state index contributed by atoms with van der Waals surface area (Å²) in [7, 11) is 0. The Bertz CT molecular complexity index is 196. The molecule has 0 aromatic heterocycles. The summed E-state index contributed by atoms with van der Waals surface area (Å²) in [5.41, 5.74) is 0. The van der Waals surface area contributed by atoms with Crippen molar-refractivity contribution in [3.05, 3.63) is 0 Å². The minimum Gasteiger partial charge on any atom is -1.00 e. The molecule has 3 fully saturated rings. The van der Waals surface area contributed by atoms with Gasteiger partial charge in [-0.15, -0.1) is 0 Å². The van der Waals surface area contributed by atoms with Crippen molar-refractivity contribution in [2.75, 3.05) is 79.3 Å². The first-order valence-corrected chi connectivity index (χ1v) is 7.64. The first kappa shape index (κ1) is 29.8. The molecule has 3 heterocycles. The van der Waals surface area contributed by atoms with E-state index >= 15 is 0 Å². The van der Waals surface area contributed by atoms with Gasteiger partial charge in [0.2, 0.25) is 0 Å². The molecule has 12 heteroatoms. The largest absolute Gasteiger partial charge is 3.00 e. The van der Waals surface area contributed by atoms with E-state index in [0.717, 1.165) is 79.3 Å². The quantitative estimate of drug-likeness (QED) is 0.217. The number of nitrogens with one attached hydrogen (secondary N) is 6. The molecule has 0 amide bonds. The Hall–Kier alpha value is 1.06. The van der Waals surface area contributed by atoms with Crippen LogP contribution in [-0.2, 0) is 16.8 Å². The van der Waals surface area contributed by atoms with Gasteiger partial charge in [-0.25, -0.2) is 0 Å². The van der Waals surface area contributed by atoms with Crippen molar-refractivity contribution in [3.63, 3.8) is 0 Å². The molecule has 24 heavy (non-hydrogen) atoms. The zero-order valence-electron chi connectivity index (χ0n) is 13.8. The summed E-state index contributed by atoms with van der Waals surface area (Å²) in [6.45, 7) is 11.4. The average molecular weight is 452 g/mol. The fourth-order valence-electron chi connectivity index (χ4n) is 2.29. The molecule has 2 bridgehead atoms. The molecule has 0 aromatic carbocycles. The van der Waals surface area contributed by atoms with Crippen LogP contribution in [0.5, 0.6) is 0 Å². The van der Waals surface area contributed by atoms with Crippen molar-refractivity contribution in [1.82, 2.24) is 41.7 Å². The van der Waals surface area contributed by atoms with E-state index in [-0.39, 0.29) is 54.0 Å². The zero-order valence-corrected chi connectivity index (χ0v) is 17.2. The normalized spacial score (nSPS) is 27.0. The molecule has 3 rings (SSSR count). The molecular formula is C12H30Cl3CoN8. The SMILES string of the molecule is C1CNCN2CNCCNCN(CN1)CNCCNC2.[Cl-].[Cl-].[Cl-].[Co+3]. The van der Waals surface area contributed by atoms with Crippen molar-refractivity contribution in [1.29, 1.82) is 0 Å². The molecular weight excluding hydrogens is 421 g/mol. The van der Waals surface area contributed by atoms with E-state index in [2.05, 4.69) is 41.7 Å². The van der Waals surface area contributed by atoms with Gasteiger partial charge in [0.15, 0.2) is 0 Å². The molecule has 0 aliphatic carbocycles. The Balaban J connectivity index is -0.00000110. The van der Waals surface area contributed by atoms with Gasteiger partial charge in [0.05, 0.1) is 40.0 Å². The molecule has 0 aromatic rings. The Morgan fingerprint density at radius 3 is 0.708 bits per heavy atom. The predicted molar refractivity (Wildman–Crippen MR) is 80.9 cm³/mol. The molecule has 6 N–H and O–H groups in total.